The Morgan fingerprint density at radius 2 is 1.39 bits per heavy atom. The molecule has 2 aliphatic carbocycles. The highest BCUT2D eigenvalue weighted by molar-refractivity contribution is 6.28. The Hall–Kier alpha value is -4.77. The predicted octanol–water partition coefficient (Wildman–Crippen LogP) is 5.78. The van der Waals surface area contributed by atoms with Gasteiger partial charge in [-0.1, -0.05) is 60.2 Å². The van der Waals surface area contributed by atoms with Crippen LogP contribution >= 0.6 is 0 Å². The first-order chi connectivity index (χ1) is 18.4. The summed E-state index contributed by atoms with van der Waals surface area (Å²) in [6.07, 6.45) is 0. The van der Waals surface area contributed by atoms with Gasteiger partial charge in [0.15, 0.2) is 10.9 Å². The molecule has 0 atom stereocenters. The molecule has 0 bridgehead atoms. The molecule has 38 heavy (non-hydrogen) atoms. The minimum absolute atomic E-state index is 0.0198. The second-order valence-corrected chi connectivity index (χ2v) is 10.2. The number of hydrogen-bond donors (Lipinski definition) is 2. The van der Waals surface area contributed by atoms with Gasteiger partial charge in [0.1, 0.15) is 0 Å². The molecule has 0 saturated heterocycles. The van der Waals surface area contributed by atoms with E-state index in [0.717, 1.165) is 49.5 Å². The number of hydrogen-bond acceptors (Lipinski definition) is 4. The fourth-order valence-corrected chi connectivity index (χ4v) is 6.05. The zero-order chi connectivity index (χ0) is 26.1. The van der Waals surface area contributed by atoms with E-state index in [-0.39, 0.29) is 23.3 Å². The van der Waals surface area contributed by atoms with Crippen LogP contribution in [0.25, 0.3) is 54.2 Å². The number of benzene rings is 7. The van der Waals surface area contributed by atoms with E-state index in [4.69, 9.17) is 0 Å². The van der Waals surface area contributed by atoms with Crippen LogP contribution in [0.15, 0.2) is 82.4 Å². The molecule has 1 amide bonds. The Kier molecular flexibility index (Phi) is 4.79. The fraction of sp³-hybridized carbons (Fsp3) is 0.121. The molecular formula is C33H24N2O3. The first-order valence-corrected chi connectivity index (χ1v) is 12.7. The predicted molar refractivity (Wildman–Crippen MR) is 155 cm³/mol. The molecule has 0 aromatic heterocycles. The van der Waals surface area contributed by atoms with Gasteiger partial charge in [-0.3, -0.25) is 14.4 Å². The number of amides is 1. The molecule has 5 aromatic carbocycles. The molecule has 2 N–H and O–H groups in total. The van der Waals surface area contributed by atoms with Crippen molar-refractivity contribution in [3.63, 3.8) is 0 Å². The number of carbonyl (C=O) groups is 1. The van der Waals surface area contributed by atoms with Crippen LogP contribution in [0.3, 0.4) is 0 Å². The van der Waals surface area contributed by atoms with Crippen molar-refractivity contribution in [1.82, 2.24) is 5.32 Å². The van der Waals surface area contributed by atoms with Crippen LogP contribution in [0.4, 0.5) is 5.69 Å². The van der Waals surface area contributed by atoms with Crippen LogP contribution in [0, 0.1) is 13.8 Å². The summed E-state index contributed by atoms with van der Waals surface area (Å²) in [4.78, 5) is 39.9. The van der Waals surface area contributed by atoms with Crippen molar-refractivity contribution in [3.8, 4) is 11.1 Å². The van der Waals surface area contributed by atoms with Crippen molar-refractivity contribution in [1.29, 1.82) is 0 Å². The van der Waals surface area contributed by atoms with E-state index < -0.39 is 0 Å². The summed E-state index contributed by atoms with van der Waals surface area (Å²) in [5.74, 6) is -0.125. The molecule has 0 saturated carbocycles. The van der Waals surface area contributed by atoms with Crippen molar-refractivity contribution < 1.29 is 4.79 Å². The molecule has 5 heteroatoms. The minimum Gasteiger partial charge on any atom is -0.376 e. The zero-order valence-corrected chi connectivity index (χ0v) is 21.1. The number of anilines is 1. The summed E-state index contributed by atoms with van der Waals surface area (Å²) < 4.78 is 0. The lowest BCUT2D eigenvalue weighted by Gasteiger charge is -2.21. The quantitative estimate of drug-likeness (QED) is 0.234. The average Bonchev–Trinajstić information content (AvgIpc) is 2.92. The summed E-state index contributed by atoms with van der Waals surface area (Å²) >= 11 is 0. The summed E-state index contributed by atoms with van der Waals surface area (Å²) in [7, 11) is 0. The Labute approximate surface area is 218 Å². The molecule has 0 spiro atoms. The van der Waals surface area contributed by atoms with Crippen LogP contribution in [0.5, 0.6) is 0 Å². The van der Waals surface area contributed by atoms with E-state index in [0.29, 0.717) is 28.1 Å². The Morgan fingerprint density at radius 1 is 0.711 bits per heavy atom. The molecular weight excluding hydrogens is 472 g/mol. The molecule has 0 radical (unpaired) electrons. The number of aryl methyl sites for hydroxylation is 2. The summed E-state index contributed by atoms with van der Waals surface area (Å²) in [5, 5.41) is 12.2. The summed E-state index contributed by atoms with van der Waals surface area (Å²) in [5.41, 5.74) is 5.75. The van der Waals surface area contributed by atoms with E-state index in [9.17, 15) is 14.4 Å². The van der Waals surface area contributed by atoms with Gasteiger partial charge in [-0.25, -0.2) is 0 Å². The highest BCUT2D eigenvalue weighted by atomic mass is 16.2. The lowest BCUT2D eigenvalue weighted by molar-refractivity contribution is -0.119. The van der Waals surface area contributed by atoms with Crippen LogP contribution in [-0.4, -0.2) is 12.5 Å². The average molecular weight is 497 g/mol. The van der Waals surface area contributed by atoms with E-state index in [2.05, 4.69) is 16.7 Å². The van der Waals surface area contributed by atoms with Gasteiger partial charge in [0.2, 0.25) is 5.91 Å². The van der Waals surface area contributed by atoms with Gasteiger partial charge < -0.3 is 10.6 Å². The van der Waals surface area contributed by atoms with Gasteiger partial charge in [0.25, 0.3) is 0 Å². The molecule has 184 valence electrons. The lowest BCUT2D eigenvalue weighted by atomic mass is 9.80. The standard InChI is InChI=1S/C33H24N2O3/c1-17-6-13-26(18(2)14-17)34-16-27(36)35-15-20-8-10-23-29-21(20)11-12-25-31(29)30-24(33(23)38)9-7-19-4-3-5-22(28(19)30)32(25)37/h3-14,34H,15-16H2,1-2H3,(H,35,36). The monoisotopic (exact) mass is 496 g/mol. The zero-order valence-electron chi connectivity index (χ0n) is 21.1. The highest BCUT2D eigenvalue weighted by Gasteiger charge is 2.26. The number of carbonyl (C=O) groups excluding carboxylic acids is 1. The Morgan fingerprint density at radius 3 is 2.18 bits per heavy atom. The van der Waals surface area contributed by atoms with Crippen molar-refractivity contribution in [2.45, 2.75) is 20.4 Å². The molecule has 0 unspecified atom stereocenters. The maximum Gasteiger partial charge on any atom is 0.239 e. The molecule has 0 heterocycles. The Balaban J connectivity index is 1.31. The molecule has 2 aliphatic rings. The number of nitrogens with one attached hydrogen (secondary N) is 2. The van der Waals surface area contributed by atoms with Gasteiger partial charge in [-0.15, -0.1) is 0 Å². The van der Waals surface area contributed by atoms with Crippen molar-refractivity contribution >= 4 is 54.7 Å². The second-order valence-electron chi connectivity index (χ2n) is 10.2. The largest absolute Gasteiger partial charge is 0.376 e. The fourth-order valence-electron chi connectivity index (χ4n) is 6.05. The SMILES string of the molecule is Cc1ccc(NCC(=O)NCc2ccc3c(=O)c4ccc5cccc6c(=O)c7ccc2c3c7-c4c56)c(C)c1. The second kappa shape index (κ2) is 8.12. The summed E-state index contributed by atoms with van der Waals surface area (Å²) in [6, 6.07) is 23.1. The maximum atomic E-state index is 13.6. The van der Waals surface area contributed by atoms with E-state index in [1.54, 1.807) is 0 Å². The van der Waals surface area contributed by atoms with E-state index >= 15 is 0 Å². The van der Waals surface area contributed by atoms with Crippen LogP contribution < -0.4 is 21.5 Å². The first kappa shape index (κ1) is 22.4. The topological polar surface area (TPSA) is 75.3 Å². The highest BCUT2D eigenvalue weighted by Crippen LogP contribution is 2.45. The smallest absolute Gasteiger partial charge is 0.239 e. The first-order valence-electron chi connectivity index (χ1n) is 12.7. The third-order valence-electron chi connectivity index (χ3n) is 7.84. The van der Waals surface area contributed by atoms with E-state index in [1.165, 1.54) is 5.56 Å². The minimum atomic E-state index is -0.125. The van der Waals surface area contributed by atoms with Gasteiger partial charge >= 0.3 is 0 Å². The Bertz CT molecular complexity index is 2110. The van der Waals surface area contributed by atoms with Crippen molar-refractivity contribution in [3.05, 3.63) is 110 Å². The maximum absolute atomic E-state index is 13.6. The lowest BCUT2D eigenvalue weighted by Crippen LogP contribution is -2.29. The third-order valence-corrected chi connectivity index (χ3v) is 7.84. The van der Waals surface area contributed by atoms with Gasteiger partial charge in [0.05, 0.1) is 6.54 Å². The van der Waals surface area contributed by atoms with Gasteiger partial charge in [-0.2, -0.15) is 0 Å². The van der Waals surface area contributed by atoms with Crippen LogP contribution in [0.2, 0.25) is 0 Å². The van der Waals surface area contributed by atoms with Gasteiger partial charge in [0, 0.05) is 55.7 Å². The van der Waals surface area contributed by atoms with E-state index in [1.807, 2.05) is 80.6 Å². The molecule has 5 aromatic rings. The van der Waals surface area contributed by atoms with Crippen molar-refractivity contribution in [2.24, 2.45) is 0 Å². The van der Waals surface area contributed by atoms with Crippen molar-refractivity contribution in [2.75, 3.05) is 11.9 Å². The normalized spacial score (nSPS) is 11.9. The third kappa shape index (κ3) is 3.15. The molecule has 0 fully saturated rings. The summed E-state index contributed by atoms with van der Waals surface area (Å²) in [6.45, 7) is 4.53. The molecule has 5 nitrogen and oxygen atoms in total. The van der Waals surface area contributed by atoms with Gasteiger partial charge in [-0.05, 0) is 53.9 Å². The van der Waals surface area contributed by atoms with Crippen LogP contribution in [-0.2, 0) is 11.3 Å². The van der Waals surface area contributed by atoms with Crippen LogP contribution in [0.1, 0.15) is 16.7 Å². The number of rotatable bonds is 5. The molecule has 7 rings (SSSR count). The molecule has 0 aliphatic heterocycles.